The van der Waals surface area contributed by atoms with Crippen LogP contribution in [-0.4, -0.2) is 6.61 Å². The van der Waals surface area contributed by atoms with Gasteiger partial charge in [-0.2, -0.15) is 0 Å². The molecule has 0 saturated heterocycles. The molecule has 0 heterocycles. The molecular weight excluding hydrogens is 433 g/mol. The molecule has 176 valence electrons. The van der Waals surface area contributed by atoms with Crippen molar-refractivity contribution in [3.63, 3.8) is 0 Å². The van der Waals surface area contributed by atoms with Crippen LogP contribution < -0.4 is 4.74 Å². The molecule has 4 rings (SSSR count). The minimum atomic E-state index is -0.838. The maximum Gasteiger partial charge on any atom is 0.167 e. The first kappa shape index (κ1) is 23.9. The van der Waals surface area contributed by atoms with Crippen molar-refractivity contribution < 1.29 is 17.9 Å². The zero-order valence-corrected chi connectivity index (χ0v) is 19.4. The summed E-state index contributed by atoms with van der Waals surface area (Å²) in [5.41, 5.74) is 3.04. The lowest BCUT2D eigenvalue weighted by Gasteiger charge is -2.27. The summed E-state index contributed by atoms with van der Waals surface area (Å²) in [7, 11) is 0. The van der Waals surface area contributed by atoms with Gasteiger partial charge in [-0.3, -0.25) is 0 Å². The smallest absolute Gasteiger partial charge is 0.167 e. The van der Waals surface area contributed by atoms with Crippen molar-refractivity contribution in [3.05, 3.63) is 101 Å². The molecule has 0 amide bonds. The third kappa shape index (κ3) is 5.27. The van der Waals surface area contributed by atoms with Crippen molar-refractivity contribution >= 4 is 12.2 Å². The average Bonchev–Trinajstić information content (AvgIpc) is 2.87. The van der Waals surface area contributed by atoms with E-state index in [9.17, 15) is 13.2 Å². The Hall–Kier alpha value is -3.27. The van der Waals surface area contributed by atoms with Crippen LogP contribution in [0, 0.1) is 23.4 Å². The summed E-state index contributed by atoms with van der Waals surface area (Å²) in [6.07, 6.45) is 9.08. The van der Waals surface area contributed by atoms with E-state index in [2.05, 4.69) is 6.58 Å². The van der Waals surface area contributed by atoms with E-state index in [1.165, 1.54) is 0 Å². The molecule has 1 nitrogen and oxygen atoms in total. The summed E-state index contributed by atoms with van der Waals surface area (Å²) in [6, 6.07) is 15.7. The van der Waals surface area contributed by atoms with Gasteiger partial charge in [0.05, 0.1) is 6.61 Å². The molecule has 0 atom stereocenters. The molecular formula is C30H29F3O. The summed E-state index contributed by atoms with van der Waals surface area (Å²) < 4.78 is 49.0. The van der Waals surface area contributed by atoms with Gasteiger partial charge in [0, 0.05) is 11.1 Å². The second kappa shape index (κ2) is 10.8. The normalized spacial score (nSPS) is 18.2. The zero-order chi connectivity index (χ0) is 24.1. The van der Waals surface area contributed by atoms with Crippen LogP contribution in [0.3, 0.4) is 0 Å². The predicted octanol–water partition coefficient (Wildman–Crippen LogP) is 8.80. The van der Waals surface area contributed by atoms with E-state index in [4.69, 9.17) is 4.74 Å². The van der Waals surface area contributed by atoms with E-state index >= 15 is 0 Å². The van der Waals surface area contributed by atoms with Crippen molar-refractivity contribution in [2.75, 3.05) is 6.61 Å². The van der Waals surface area contributed by atoms with Gasteiger partial charge >= 0.3 is 0 Å². The van der Waals surface area contributed by atoms with Crippen molar-refractivity contribution in [2.45, 2.75) is 38.5 Å². The maximum absolute atomic E-state index is 14.8. The lowest BCUT2D eigenvalue weighted by molar-refractivity contribution is 0.320. The minimum absolute atomic E-state index is 0.244. The highest BCUT2D eigenvalue weighted by molar-refractivity contribution is 5.68. The summed E-state index contributed by atoms with van der Waals surface area (Å²) in [5, 5.41) is 0. The lowest BCUT2D eigenvalue weighted by atomic mass is 9.78. The first-order valence-electron chi connectivity index (χ1n) is 11.8. The summed E-state index contributed by atoms with van der Waals surface area (Å²) >= 11 is 0. The highest BCUT2D eigenvalue weighted by Gasteiger charge is 2.22. The zero-order valence-electron chi connectivity index (χ0n) is 19.4. The Labute approximate surface area is 199 Å². The van der Waals surface area contributed by atoms with Crippen molar-refractivity contribution in [1.82, 2.24) is 0 Å². The van der Waals surface area contributed by atoms with Gasteiger partial charge in [0.15, 0.2) is 23.2 Å². The Morgan fingerprint density at radius 2 is 1.65 bits per heavy atom. The third-order valence-corrected chi connectivity index (χ3v) is 6.62. The van der Waals surface area contributed by atoms with Crippen LogP contribution in [0.15, 0.2) is 67.3 Å². The molecule has 0 radical (unpaired) electrons. The van der Waals surface area contributed by atoms with Crippen molar-refractivity contribution in [3.8, 4) is 16.9 Å². The number of hydrogen-bond donors (Lipinski definition) is 0. The fourth-order valence-corrected chi connectivity index (χ4v) is 4.64. The molecule has 0 spiro atoms. The van der Waals surface area contributed by atoms with Crippen LogP contribution in [0.4, 0.5) is 13.2 Å². The summed E-state index contributed by atoms with van der Waals surface area (Å²) in [4.78, 5) is 0. The Morgan fingerprint density at radius 3 is 2.29 bits per heavy atom. The predicted molar refractivity (Wildman–Crippen MR) is 133 cm³/mol. The van der Waals surface area contributed by atoms with Gasteiger partial charge in [-0.15, -0.1) is 0 Å². The molecule has 34 heavy (non-hydrogen) atoms. The highest BCUT2D eigenvalue weighted by atomic mass is 19.2. The van der Waals surface area contributed by atoms with Crippen LogP contribution in [0.2, 0.25) is 0 Å². The largest absolute Gasteiger partial charge is 0.491 e. The molecule has 0 N–H and O–H groups in total. The molecule has 0 aromatic heterocycles. The number of halogens is 3. The minimum Gasteiger partial charge on any atom is -0.491 e. The second-order valence-electron chi connectivity index (χ2n) is 8.75. The fraction of sp³-hybridized carbons (Fsp3) is 0.267. The monoisotopic (exact) mass is 462 g/mol. The van der Waals surface area contributed by atoms with E-state index in [0.29, 0.717) is 18.1 Å². The van der Waals surface area contributed by atoms with Crippen molar-refractivity contribution in [2.24, 2.45) is 5.92 Å². The van der Waals surface area contributed by atoms with Gasteiger partial charge in [0.25, 0.3) is 0 Å². The lowest BCUT2D eigenvalue weighted by Crippen LogP contribution is -2.12. The molecule has 1 aliphatic rings. The average molecular weight is 463 g/mol. The fourth-order valence-electron chi connectivity index (χ4n) is 4.64. The topological polar surface area (TPSA) is 9.23 Å². The quantitative estimate of drug-likeness (QED) is 0.341. The van der Waals surface area contributed by atoms with Crippen LogP contribution in [0.5, 0.6) is 5.75 Å². The molecule has 3 aromatic carbocycles. The Morgan fingerprint density at radius 1 is 0.912 bits per heavy atom. The molecule has 3 aromatic rings. The van der Waals surface area contributed by atoms with Crippen LogP contribution in [0.25, 0.3) is 23.3 Å². The highest BCUT2D eigenvalue weighted by Crippen LogP contribution is 2.38. The molecule has 0 aliphatic heterocycles. The number of benzene rings is 3. The number of allylic oxidation sites excluding steroid dienone is 1. The first-order chi connectivity index (χ1) is 16.5. The maximum atomic E-state index is 14.8. The van der Waals surface area contributed by atoms with Gasteiger partial charge < -0.3 is 4.74 Å². The van der Waals surface area contributed by atoms with E-state index in [-0.39, 0.29) is 28.6 Å². The Bertz CT molecular complexity index is 1170. The van der Waals surface area contributed by atoms with E-state index in [1.807, 2.05) is 31.2 Å². The summed E-state index contributed by atoms with van der Waals surface area (Å²) in [6.45, 7) is 5.97. The first-order valence-corrected chi connectivity index (χ1v) is 11.8. The SMILES string of the molecule is C=Cc1ccc(-c2ccc(C=CC3CCC(c4ccc(OCC)c(F)c4)CC3)c(F)c2F)cc1. The molecule has 1 fully saturated rings. The summed E-state index contributed by atoms with van der Waals surface area (Å²) in [5.74, 6) is -1.11. The van der Waals surface area contributed by atoms with E-state index in [1.54, 1.807) is 48.6 Å². The van der Waals surface area contributed by atoms with E-state index < -0.39 is 11.6 Å². The molecule has 4 heteroatoms. The van der Waals surface area contributed by atoms with Crippen molar-refractivity contribution in [1.29, 1.82) is 0 Å². The van der Waals surface area contributed by atoms with Crippen LogP contribution >= 0.6 is 0 Å². The van der Waals surface area contributed by atoms with Crippen LogP contribution in [0.1, 0.15) is 55.2 Å². The van der Waals surface area contributed by atoms with Gasteiger partial charge in [-0.25, -0.2) is 13.2 Å². The van der Waals surface area contributed by atoms with Gasteiger partial charge in [-0.1, -0.05) is 67.3 Å². The molecule has 0 unspecified atom stereocenters. The third-order valence-electron chi connectivity index (χ3n) is 6.62. The molecule has 1 aliphatic carbocycles. The molecule has 0 bridgehead atoms. The standard InChI is InChI=1S/C30H29F3O/c1-3-20-5-12-23(13-6-20)26-17-15-24(29(32)30(26)33)14-9-21-7-10-22(11-8-21)25-16-18-28(34-4-2)27(31)19-25/h3,5-6,9,12-19,21-22H,1,4,7-8,10-11H2,2H3. The van der Waals surface area contributed by atoms with Gasteiger partial charge in [0.2, 0.25) is 0 Å². The number of ether oxygens (including phenoxy) is 1. The Kier molecular flexibility index (Phi) is 7.56. The van der Waals surface area contributed by atoms with E-state index in [0.717, 1.165) is 36.8 Å². The number of hydrogen-bond acceptors (Lipinski definition) is 1. The second-order valence-corrected chi connectivity index (χ2v) is 8.75. The van der Waals surface area contributed by atoms with Crippen LogP contribution in [-0.2, 0) is 0 Å². The van der Waals surface area contributed by atoms with Gasteiger partial charge in [0.1, 0.15) is 0 Å². The molecule has 1 saturated carbocycles. The van der Waals surface area contributed by atoms with Gasteiger partial charge in [-0.05, 0) is 73.3 Å². The Balaban J connectivity index is 1.40. The number of rotatable bonds is 7.